The van der Waals surface area contributed by atoms with Gasteiger partial charge in [-0.05, 0) is 25.5 Å². The minimum absolute atomic E-state index is 0. The van der Waals surface area contributed by atoms with E-state index in [0.29, 0.717) is 0 Å². The molecule has 1 aromatic rings. The van der Waals surface area contributed by atoms with Gasteiger partial charge in [-0.3, -0.25) is 9.59 Å². The number of carbonyl (C=O) groups is 2. The maximum absolute atomic E-state index is 11.9. The Morgan fingerprint density at radius 2 is 1.76 bits per heavy atom. The molecule has 0 radical (unpaired) electrons. The van der Waals surface area contributed by atoms with Crippen LogP contribution in [0.25, 0.3) is 0 Å². The van der Waals surface area contributed by atoms with Gasteiger partial charge < -0.3 is 21.3 Å². The first-order chi connectivity index (χ1) is 11.3. The molecule has 0 aliphatic heterocycles. The number of hydrogen-bond acceptors (Lipinski definition) is 4. The molecule has 2 atom stereocenters. The van der Waals surface area contributed by atoms with E-state index < -0.39 is 6.04 Å². The van der Waals surface area contributed by atoms with Gasteiger partial charge in [0.1, 0.15) is 0 Å². The third-order valence-electron chi connectivity index (χ3n) is 3.73. The van der Waals surface area contributed by atoms with Gasteiger partial charge >= 0.3 is 0 Å². The van der Waals surface area contributed by atoms with E-state index in [1.54, 1.807) is 0 Å². The van der Waals surface area contributed by atoms with E-state index in [2.05, 4.69) is 27.7 Å². The molecule has 0 bridgehead atoms. The van der Waals surface area contributed by atoms with Crippen molar-refractivity contribution in [2.45, 2.75) is 39.4 Å². The molecule has 0 saturated heterocycles. The Kier molecular flexibility index (Phi) is 11.1. The fraction of sp³-hybridized carbons (Fsp3) is 0.556. The van der Waals surface area contributed by atoms with E-state index in [4.69, 9.17) is 5.73 Å². The van der Waals surface area contributed by atoms with Crippen molar-refractivity contribution in [3.63, 3.8) is 0 Å². The third kappa shape index (κ3) is 9.43. The molecule has 2 amide bonds. The number of halogens is 1. The molecular weight excluding hydrogens is 340 g/mol. The predicted octanol–water partition coefficient (Wildman–Crippen LogP) is 1.14. The highest BCUT2D eigenvalue weighted by Crippen LogP contribution is 2.03. The van der Waals surface area contributed by atoms with Gasteiger partial charge in [-0.1, -0.05) is 44.2 Å². The van der Waals surface area contributed by atoms with Crippen molar-refractivity contribution in [2.75, 3.05) is 20.1 Å². The fourth-order valence-corrected chi connectivity index (χ4v) is 2.39. The van der Waals surface area contributed by atoms with Crippen LogP contribution in [-0.2, 0) is 16.1 Å². The monoisotopic (exact) mass is 370 g/mol. The van der Waals surface area contributed by atoms with Gasteiger partial charge in [-0.25, -0.2) is 0 Å². The van der Waals surface area contributed by atoms with Crippen LogP contribution in [0.2, 0.25) is 0 Å². The lowest BCUT2D eigenvalue weighted by Gasteiger charge is -2.22. The van der Waals surface area contributed by atoms with E-state index >= 15 is 0 Å². The number of nitrogens with one attached hydrogen (secondary N) is 2. The van der Waals surface area contributed by atoms with Crippen molar-refractivity contribution in [3.8, 4) is 0 Å². The number of amides is 2. The zero-order chi connectivity index (χ0) is 18.1. The molecule has 0 aliphatic carbocycles. The SMILES string of the molecule is CC(CN(C)Cc1ccccc1)NC(=O)CNC(=O)[C@@H](N)C(C)C.Cl. The maximum atomic E-state index is 11.9. The highest BCUT2D eigenvalue weighted by molar-refractivity contribution is 5.87. The lowest BCUT2D eigenvalue weighted by Crippen LogP contribution is -2.49. The second kappa shape index (κ2) is 11.8. The quantitative estimate of drug-likeness (QED) is 0.608. The number of nitrogens with zero attached hydrogens (tertiary/aromatic N) is 1. The number of benzene rings is 1. The van der Waals surface area contributed by atoms with Crippen LogP contribution in [0.5, 0.6) is 0 Å². The molecule has 142 valence electrons. The maximum Gasteiger partial charge on any atom is 0.239 e. The molecule has 0 heterocycles. The fourth-order valence-electron chi connectivity index (χ4n) is 2.39. The average molecular weight is 371 g/mol. The molecule has 7 heteroatoms. The number of carbonyl (C=O) groups excluding carboxylic acids is 2. The molecule has 25 heavy (non-hydrogen) atoms. The lowest BCUT2D eigenvalue weighted by molar-refractivity contribution is -0.127. The van der Waals surface area contributed by atoms with E-state index in [0.717, 1.165) is 13.1 Å². The Morgan fingerprint density at radius 1 is 1.16 bits per heavy atom. The topological polar surface area (TPSA) is 87.5 Å². The molecular formula is C18H31ClN4O2. The third-order valence-corrected chi connectivity index (χ3v) is 3.73. The van der Waals surface area contributed by atoms with Gasteiger partial charge in [0.05, 0.1) is 12.6 Å². The summed E-state index contributed by atoms with van der Waals surface area (Å²) in [5.41, 5.74) is 6.97. The number of nitrogens with two attached hydrogens (primary N) is 1. The van der Waals surface area contributed by atoms with Gasteiger partial charge in [-0.2, -0.15) is 0 Å². The van der Waals surface area contributed by atoms with Crippen LogP contribution in [0.4, 0.5) is 0 Å². The van der Waals surface area contributed by atoms with Crippen LogP contribution in [0.1, 0.15) is 26.3 Å². The standard InChI is InChI=1S/C18H30N4O2.ClH/c1-13(2)17(19)18(24)20-10-16(23)21-14(3)11-22(4)12-15-8-6-5-7-9-15;/h5-9,13-14,17H,10-12,19H2,1-4H3,(H,20,24)(H,21,23);1H/t14?,17-;/m0./s1. The zero-order valence-electron chi connectivity index (χ0n) is 15.5. The predicted molar refractivity (Wildman–Crippen MR) is 103 cm³/mol. The van der Waals surface area contributed by atoms with Crippen LogP contribution >= 0.6 is 12.4 Å². The number of hydrogen-bond donors (Lipinski definition) is 3. The average Bonchev–Trinajstić information content (AvgIpc) is 2.52. The van der Waals surface area contributed by atoms with Gasteiger partial charge in [0.2, 0.25) is 11.8 Å². The Bertz CT molecular complexity index is 525. The summed E-state index contributed by atoms with van der Waals surface area (Å²) < 4.78 is 0. The van der Waals surface area contributed by atoms with Crippen molar-refractivity contribution < 1.29 is 9.59 Å². The minimum atomic E-state index is -0.591. The minimum Gasteiger partial charge on any atom is -0.351 e. The first-order valence-corrected chi connectivity index (χ1v) is 8.34. The molecule has 0 aliphatic rings. The van der Waals surface area contributed by atoms with Gasteiger partial charge in [0.15, 0.2) is 0 Å². The van der Waals surface area contributed by atoms with E-state index in [9.17, 15) is 9.59 Å². The summed E-state index contributed by atoms with van der Waals surface area (Å²) in [6, 6.07) is 9.57. The van der Waals surface area contributed by atoms with Crippen molar-refractivity contribution in [2.24, 2.45) is 11.7 Å². The largest absolute Gasteiger partial charge is 0.351 e. The Balaban J connectivity index is 0.00000576. The summed E-state index contributed by atoms with van der Waals surface area (Å²) >= 11 is 0. The van der Waals surface area contributed by atoms with Gasteiger partial charge in [-0.15, -0.1) is 12.4 Å². The van der Waals surface area contributed by atoms with Crippen LogP contribution in [-0.4, -0.2) is 48.9 Å². The van der Waals surface area contributed by atoms with Crippen molar-refractivity contribution >= 4 is 24.2 Å². The number of rotatable bonds is 9. The summed E-state index contributed by atoms with van der Waals surface area (Å²) in [5, 5.41) is 5.46. The molecule has 6 nitrogen and oxygen atoms in total. The molecule has 0 fully saturated rings. The first kappa shape index (κ1) is 23.4. The van der Waals surface area contributed by atoms with Gasteiger partial charge in [0, 0.05) is 19.1 Å². The van der Waals surface area contributed by atoms with E-state index in [-0.39, 0.29) is 42.7 Å². The lowest BCUT2D eigenvalue weighted by atomic mass is 10.1. The highest BCUT2D eigenvalue weighted by atomic mass is 35.5. The smallest absolute Gasteiger partial charge is 0.239 e. The summed E-state index contributed by atoms with van der Waals surface area (Å²) in [4.78, 5) is 25.8. The summed E-state index contributed by atoms with van der Waals surface area (Å²) in [6.07, 6.45) is 0. The molecule has 0 spiro atoms. The molecule has 4 N–H and O–H groups in total. The van der Waals surface area contributed by atoms with Gasteiger partial charge in [0.25, 0.3) is 0 Å². The second-order valence-electron chi connectivity index (χ2n) is 6.64. The second-order valence-corrected chi connectivity index (χ2v) is 6.64. The van der Waals surface area contributed by atoms with Crippen LogP contribution in [0.3, 0.4) is 0 Å². The first-order valence-electron chi connectivity index (χ1n) is 8.34. The molecule has 1 rings (SSSR count). The summed E-state index contributed by atoms with van der Waals surface area (Å²) in [6.45, 7) is 7.18. The Morgan fingerprint density at radius 3 is 2.32 bits per heavy atom. The Hall–Kier alpha value is -1.63. The van der Waals surface area contributed by atoms with Crippen molar-refractivity contribution in [1.82, 2.24) is 15.5 Å². The molecule has 1 unspecified atom stereocenters. The summed E-state index contributed by atoms with van der Waals surface area (Å²) in [5.74, 6) is -0.465. The van der Waals surface area contributed by atoms with Crippen LogP contribution in [0.15, 0.2) is 30.3 Å². The summed E-state index contributed by atoms with van der Waals surface area (Å²) in [7, 11) is 2.01. The molecule has 1 aromatic carbocycles. The molecule has 0 saturated carbocycles. The Labute approximate surface area is 156 Å². The molecule has 0 aromatic heterocycles. The highest BCUT2D eigenvalue weighted by Gasteiger charge is 2.18. The van der Waals surface area contributed by atoms with Crippen molar-refractivity contribution in [3.05, 3.63) is 35.9 Å². The van der Waals surface area contributed by atoms with Crippen molar-refractivity contribution in [1.29, 1.82) is 0 Å². The van der Waals surface area contributed by atoms with Crippen LogP contribution in [0, 0.1) is 5.92 Å². The zero-order valence-corrected chi connectivity index (χ0v) is 16.3. The van der Waals surface area contributed by atoms with E-state index in [1.165, 1.54) is 5.56 Å². The van der Waals surface area contributed by atoms with Crippen LogP contribution < -0.4 is 16.4 Å². The normalized spacial score (nSPS) is 13.1. The van der Waals surface area contributed by atoms with E-state index in [1.807, 2.05) is 46.0 Å². The number of likely N-dealkylation sites (N-methyl/N-ethyl adjacent to an activating group) is 1.